The van der Waals surface area contributed by atoms with E-state index in [4.69, 9.17) is 9.47 Å². The molecular weight excluding hydrogens is 287 g/mol. The molecule has 1 atom stereocenters. The highest BCUT2D eigenvalue weighted by Crippen LogP contribution is 2.24. The Bertz CT molecular complexity index is 654. The van der Waals surface area contributed by atoms with Gasteiger partial charge in [-0.25, -0.2) is 9.18 Å². The third-order valence-corrected chi connectivity index (χ3v) is 3.29. The topological polar surface area (TPSA) is 55.8 Å². The fraction of sp³-hybridized carbons (Fsp3) is 0.235. The van der Waals surface area contributed by atoms with Crippen LogP contribution in [0.5, 0.6) is 11.5 Å². The summed E-state index contributed by atoms with van der Waals surface area (Å²) in [4.78, 5) is 11.6. The van der Waals surface area contributed by atoms with Crippen LogP contribution in [0.2, 0.25) is 0 Å². The van der Waals surface area contributed by atoms with Crippen LogP contribution in [0.1, 0.15) is 12.5 Å². The number of ether oxygens (including phenoxy) is 2. The van der Waals surface area contributed by atoms with Gasteiger partial charge in [0.15, 0.2) is 0 Å². The van der Waals surface area contributed by atoms with Gasteiger partial charge in [0.05, 0.1) is 7.11 Å². The summed E-state index contributed by atoms with van der Waals surface area (Å²) in [6, 6.07) is 12.5. The van der Waals surface area contributed by atoms with Crippen molar-refractivity contribution in [2.24, 2.45) is 0 Å². The van der Waals surface area contributed by atoms with Crippen LogP contribution in [0.4, 0.5) is 4.39 Å². The summed E-state index contributed by atoms with van der Waals surface area (Å²) in [6.07, 6.45) is 0.142. The molecule has 0 bridgehead atoms. The molecule has 0 aliphatic rings. The van der Waals surface area contributed by atoms with Crippen molar-refractivity contribution >= 4 is 5.97 Å². The number of methoxy groups -OCH3 is 1. The fourth-order valence-electron chi connectivity index (χ4n) is 2.08. The molecule has 22 heavy (non-hydrogen) atoms. The Kier molecular flexibility index (Phi) is 4.65. The first-order chi connectivity index (χ1) is 10.4. The standard InChI is InChI=1S/C17H17FO4/c1-17(16(19)20,22-15-5-3-4-13(18)10-15)11-12-6-8-14(21-2)9-7-12/h3-10H,11H2,1-2H3,(H,19,20). The van der Waals surface area contributed by atoms with Crippen LogP contribution in [-0.4, -0.2) is 23.8 Å². The Labute approximate surface area is 128 Å². The molecule has 4 nitrogen and oxygen atoms in total. The first-order valence-electron chi connectivity index (χ1n) is 6.74. The van der Waals surface area contributed by atoms with Crippen LogP contribution in [0.25, 0.3) is 0 Å². The van der Waals surface area contributed by atoms with Crippen molar-refractivity contribution < 1.29 is 23.8 Å². The lowest BCUT2D eigenvalue weighted by atomic mass is 9.96. The molecule has 0 radical (unpaired) electrons. The molecule has 0 saturated heterocycles. The second-order valence-corrected chi connectivity index (χ2v) is 5.12. The smallest absolute Gasteiger partial charge is 0.348 e. The molecule has 0 aliphatic heterocycles. The van der Waals surface area contributed by atoms with Gasteiger partial charge in [-0.3, -0.25) is 0 Å². The van der Waals surface area contributed by atoms with Gasteiger partial charge >= 0.3 is 5.97 Å². The molecule has 1 N–H and O–H groups in total. The molecule has 0 fully saturated rings. The van der Waals surface area contributed by atoms with Crippen LogP contribution < -0.4 is 9.47 Å². The van der Waals surface area contributed by atoms with Gasteiger partial charge in [0, 0.05) is 12.5 Å². The number of carboxylic acids is 1. The summed E-state index contributed by atoms with van der Waals surface area (Å²) >= 11 is 0. The van der Waals surface area contributed by atoms with E-state index in [0.717, 1.165) is 11.6 Å². The number of carboxylic acid groups (broad SMARTS) is 1. The highest BCUT2D eigenvalue weighted by atomic mass is 19.1. The maximum absolute atomic E-state index is 13.2. The lowest BCUT2D eigenvalue weighted by Crippen LogP contribution is -2.43. The number of carbonyl (C=O) groups is 1. The van der Waals surface area contributed by atoms with E-state index in [1.54, 1.807) is 31.4 Å². The Morgan fingerprint density at radius 2 is 1.86 bits per heavy atom. The molecule has 0 heterocycles. The largest absolute Gasteiger partial charge is 0.497 e. The second-order valence-electron chi connectivity index (χ2n) is 5.12. The summed E-state index contributed by atoms with van der Waals surface area (Å²) in [6.45, 7) is 1.46. The van der Waals surface area contributed by atoms with Crippen molar-refractivity contribution in [3.63, 3.8) is 0 Å². The number of hydrogen-bond donors (Lipinski definition) is 1. The molecule has 1 unspecified atom stereocenters. The average Bonchev–Trinajstić information content (AvgIpc) is 2.47. The summed E-state index contributed by atoms with van der Waals surface area (Å²) in [7, 11) is 1.56. The third-order valence-electron chi connectivity index (χ3n) is 3.29. The molecule has 2 rings (SSSR count). The van der Waals surface area contributed by atoms with Crippen molar-refractivity contribution in [2.75, 3.05) is 7.11 Å². The van der Waals surface area contributed by atoms with Crippen molar-refractivity contribution in [1.29, 1.82) is 0 Å². The lowest BCUT2D eigenvalue weighted by molar-refractivity contribution is -0.153. The minimum Gasteiger partial charge on any atom is -0.497 e. The normalized spacial score (nSPS) is 13.2. The fourth-order valence-corrected chi connectivity index (χ4v) is 2.08. The van der Waals surface area contributed by atoms with Crippen LogP contribution in [0.3, 0.4) is 0 Å². The van der Waals surface area contributed by atoms with Crippen LogP contribution in [-0.2, 0) is 11.2 Å². The van der Waals surface area contributed by atoms with Gasteiger partial charge in [0.2, 0.25) is 5.60 Å². The summed E-state index contributed by atoms with van der Waals surface area (Å²) in [5.74, 6) is -0.729. The van der Waals surface area contributed by atoms with Crippen LogP contribution >= 0.6 is 0 Å². The highest BCUT2D eigenvalue weighted by molar-refractivity contribution is 5.78. The van der Waals surface area contributed by atoms with Gasteiger partial charge in [0.1, 0.15) is 17.3 Å². The maximum Gasteiger partial charge on any atom is 0.348 e. The van der Waals surface area contributed by atoms with E-state index in [2.05, 4.69) is 0 Å². The van der Waals surface area contributed by atoms with Crippen molar-refractivity contribution in [3.8, 4) is 11.5 Å². The van der Waals surface area contributed by atoms with Gasteiger partial charge in [-0.2, -0.15) is 0 Å². The average molecular weight is 304 g/mol. The van der Waals surface area contributed by atoms with E-state index in [9.17, 15) is 14.3 Å². The Hall–Kier alpha value is -2.56. The number of halogens is 1. The number of rotatable bonds is 6. The van der Waals surface area contributed by atoms with Crippen molar-refractivity contribution in [2.45, 2.75) is 18.9 Å². The lowest BCUT2D eigenvalue weighted by Gasteiger charge is -2.26. The molecule has 0 saturated carbocycles. The van der Waals surface area contributed by atoms with Crippen molar-refractivity contribution in [3.05, 3.63) is 59.9 Å². The van der Waals surface area contributed by atoms with E-state index >= 15 is 0 Å². The summed E-state index contributed by atoms with van der Waals surface area (Å²) < 4.78 is 23.8. The minimum atomic E-state index is -1.50. The number of hydrogen-bond acceptors (Lipinski definition) is 3. The van der Waals surface area contributed by atoms with E-state index in [1.807, 2.05) is 0 Å². The molecule has 2 aromatic rings. The quantitative estimate of drug-likeness (QED) is 0.889. The number of aliphatic carboxylic acids is 1. The Morgan fingerprint density at radius 1 is 1.18 bits per heavy atom. The molecule has 0 spiro atoms. The number of benzene rings is 2. The van der Waals surface area contributed by atoms with Gasteiger partial charge in [-0.15, -0.1) is 0 Å². The van der Waals surface area contributed by atoms with Crippen molar-refractivity contribution in [1.82, 2.24) is 0 Å². The summed E-state index contributed by atoms with van der Waals surface area (Å²) in [5, 5.41) is 9.48. The molecular formula is C17H17FO4. The van der Waals surface area contributed by atoms with Gasteiger partial charge < -0.3 is 14.6 Å². The highest BCUT2D eigenvalue weighted by Gasteiger charge is 2.36. The molecule has 0 aliphatic carbocycles. The van der Waals surface area contributed by atoms with Gasteiger partial charge in [-0.05, 0) is 36.8 Å². The SMILES string of the molecule is COc1ccc(CC(C)(Oc2cccc(F)c2)C(=O)O)cc1. The minimum absolute atomic E-state index is 0.142. The summed E-state index contributed by atoms with van der Waals surface area (Å²) in [5.41, 5.74) is -0.718. The van der Waals surface area contributed by atoms with E-state index in [1.165, 1.54) is 25.1 Å². The predicted molar refractivity (Wildman–Crippen MR) is 79.8 cm³/mol. The molecule has 0 amide bonds. The molecule has 0 aromatic heterocycles. The first-order valence-corrected chi connectivity index (χ1v) is 6.74. The van der Waals surface area contributed by atoms with Gasteiger partial charge in [0.25, 0.3) is 0 Å². The molecule has 5 heteroatoms. The second kappa shape index (κ2) is 6.47. The zero-order valence-corrected chi connectivity index (χ0v) is 12.4. The Morgan fingerprint density at radius 3 is 2.41 bits per heavy atom. The zero-order chi connectivity index (χ0) is 16.2. The first kappa shape index (κ1) is 15.8. The van der Waals surface area contributed by atoms with Crippen LogP contribution in [0.15, 0.2) is 48.5 Å². The third kappa shape index (κ3) is 3.75. The zero-order valence-electron chi connectivity index (χ0n) is 12.4. The van der Waals surface area contributed by atoms with E-state index in [0.29, 0.717) is 5.75 Å². The van der Waals surface area contributed by atoms with Gasteiger partial charge in [-0.1, -0.05) is 18.2 Å². The molecule has 2 aromatic carbocycles. The Balaban J connectivity index is 2.21. The van der Waals surface area contributed by atoms with Crippen LogP contribution in [0, 0.1) is 5.82 Å². The monoisotopic (exact) mass is 304 g/mol. The van der Waals surface area contributed by atoms with E-state index < -0.39 is 17.4 Å². The van der Waals surface area contributed by atoms with E-state index in [-0.39, 0.29) is 12.2 Å². The molecule has 116 valence electrons. The predicted octanol–water partition coefficient (Wildman–Crippen LogP) is 3.30. The maximum atomic E-state index is 13.2.